The predicted octanol–water partition coefficient (Wildman–Crippen LogP) is 4.49. The Hall–Kier alpha value is -0.340. The second-order valence-corrected chi connectivity index (χ2v) is 7.73. The second kappa shape index (κ2) is 5.97. The van der Waals surface area contributed by atoms with Crippen LogP contribution in [0.2, 0.25) is 0 Å². The fourth-order valence-corrected chi connectivity index (χ4v) is 5.22. The Labute approximate surface area is 121 Å². The molecule has 3 atom stereocenters. The molecule has 1 nitrogen and oxygen atoms in total. The van der Waals surface area contributed by atoms with Crippen LogP contribution in [0.4, 0.5) is 0 Å². The minimum absolute atomic E-state index is 0.627. The van der Waals surface area contributed by atoms with Gasteiger partial charge < -0.3 is 5.32 Å². The summed E-state index contributed by atoms with van der Waals surface area (Å²) < 4.78 is 0. The Bertz CT molecular complexity index is 386. The molecule has 0 aliphatic heterocycles. The van der Waals surface area contributed by atoms with E-state index in [-0.39, 0.29) is 0 Å². The molecule has 3 unspecified atom stereocenters. The lowest BCUT2D eigenvalue weighted by molar-refractivity contribution is 0.144. The number of nitrogens with one attached hydrogen (secondary N) is 1. The topological polar surface area (TPSA) is 12.0 Å². The third-order valence-electron chi connectivity index (χ3n) is 5.46. The van der Waals surface area contributed by atoms with E-state index in [2.05, 4.69) is 29.8 Å². The Morgan fingerprint density at radius 3 is 3.00 bits per heavy atom. The highest BCUT2D eigenvalue weighted by molar-refractivity contribution is 7.09. The molecule has 0 amide bonds. The monoisotopic (exact) mass is 277 g/mol. The third kappa shape index (κ3) is 2.90. The van der Waals surface area contributed by atoms with E-state index < -0.39 is 0 Å². The maximum atomic E-state index is 3.74. The lowest BCUT2D eigenvalue weighted by atomic mass is 9.70. The molecular weight excluding hydrogens is 250 g/mol. The number of thiophene rings is 1. The van der Waals surface area contributed by atoms with Gasteiger partial charge in [0.2, 0.25) is 0 Å². The van der Waals surface area contributed by atoms with Crippen molar-refractivity contribution in [2.24, 2.45) is 17.3 Å². The van der Waals surface area contributed by atoms with Gasteiger partial charge in [-0.1, -0.05) is 19.4 Å². The van der Waals surface area contributed by atoms with Crippen LogP contribution in [0.5, 0.6) is 0 Å². The maximum Gasteiger partial charge on any atom is 0.00454 e. The molecule has 3 rings (SSSR count). The molecule has 2 bridgehead atoms. The summed E-state index contributed by atoms with van der Waals surface area (Å²) in [6, 6.07) is 4.51. The molecule has 0 radical (unpaired) electrons. The molecule has 1 N–H and O–H groups in total. The van der Waals surface area contributed by atoms with Gasteiger partial charge in [-0.05, 0) is 73.8 Å². The zero-order valence-electron chi connectivity index (χ0n) is 12.2. The zero-order valence-corrected chi connectivity index (χ0v) is 13.0. The summed E-state index contributed by atoms with van der Waals surface area (Å²) in [5.74, 6) is 2.07. The summed E-state index contributed by atoms with van der Waals surface area (Å²) in [6.07, 6.45) is 10.0. The number of hydrogen-bond donors (Lipinski definition) is 1. The van der Waals surface area contributed by atoms with Crippen molar-refractivity contribution in [2.45, 2.75) is 51.9 Å². The lowest BCUT2D eigenvalue weighted by Crippen LogP contribution is -2.39. The number of hydrogen-bond acceptors (Lipinski definition) is 2. The molecule has 19 heavy (non-hydrogen) atoms. The molecule has 106 valence electrons. The molecule has 0 aromatic carbocycles. The van der Waals surface area contributed by atoms with Crippen LogP contribution in [-0.2, 0) is 6.42 Å². The summed E-state index contributed by atoms with van der Waals surface area (Å²) in [4.78, 5) is 1.58. The minimum atomic E-state index is 0.627. The summed E-state index contributed by atoms with van der Waals surface area (Å²) in [6.45, 7) is 4.73. The summed E-state index contributed by atoms with van der Waals surface area (Å²) in [5.41, 5.74) is 0.627. The Balaban J connectivity index is 1.63. The number of fused-ring (bicyclic) bond motifs is 2. The molecule has 1 aromatic heterocycles. The smallest absolute Gasteiger partial charge is 0.00454 e. The van der Waals surface area contributed by atoms with E-state index >= 15 is 0 Å². The van der Waals surface area contributed by atoms with Gasteiger partial charge in [-0.2, -0.15) is 0 Å². The van der Waals surface area contributed by atoms with Crippen LogP contribution in [0, 0.1) is 17.3 Å². The van der Waals surface area contributed by atoms with Crippen molar-refractivity contribution in [3.8, 4) is 0 Å². The van der Waals surface area contributed by atoms with Gasteiger partial charge in [-0.25, -0.2) is 0 Å². The van der Waals surface area contributed by atoms with Crippen LogP contribution in [0.1, 0.15) is 50.3 Å². The van der Waals surface area contributed by atoms with Gasteiger partial charge in [-0.3, -0.25) is 0 Å². The molecule has 2 aliphatic carbocycles. The van der Waals surface area contributed by atoms with Crippen LogP contribution in [-0.4, -0.2) is 13.1 Å². The average Bonchev–Trinajstić information content (AvgIpc) is 3.14. The van der Waals surface area contributed by atoms with Crippen molar-refractivity contribution in [3.05, 3.63) is 22.4 Å². The largest absolute Gasteiger partial charge is 0.316 e. The van der Waals surface area contributed by atoms with E-state index in [1.807, 2.05) is 11.3 Å². The molecular formula is C17H27NS. The first-order valence-electron chi connectivity index (χ1n) is 8.05. The van der Waals surface area contributed by atoms with E-state index in [9.17, 15) is 0 Å². The van der Waals surface area contributed by atoms with Crippen molar-refractivity contribution in [3.63, 3.8) is 0 Å². The van der Waals surface area contributed by atoms with Crippen molar-refractivity contribution in [2.75, 3.05) is 13.1 Å². The highest BCUT2D eigenvalue weighted by Crippen LogP contribution is 2.57. The molecule has 0 saturated heterocycles. The molecule has 2 heteroatoms. The van der Waals surface area contributed by atoms with Gasteiger partial charge in [0.15, 0.2) is 0 Å². The van der Waals surface area contributed by atoms with Crippen molar-refractivity contribution in [1.82, 2.24) is 5.32 Å². The summed E-state index contributed by atoms with van der Waals surface area (Å²) in [7, 11) is 0. The Morgan fingerprint density at radius 2 is 2.37 bits per heavy atom. The lowest BCUT2D eigenvalue weighted by Gasteiger charge is -2.38. The molecule has 2 aliphatic rings. The maximum absolute atomic E-state index is 3.74. The van der Waals surface area contributed by atoms with E-state index in [0.29, 0.717) is 5.41 Å². The summed E-state index contributed by atoms with van der Waals surface area (Å²) >= 11 is 1.93. The third-order valence-corrected chi connectivity index (χ3v) is 6.39. The molecule has 2 saturated carbocycles. The van der Waals surface area contributed by atoms with E-state index in [0.717, 1.165) is 11.8 Å². The minimum Gasteiger partial charge on any atom is -0.316 e. The molecule has 2 fully saturated rings. The SMILES string of the molecule is CCCNCC1(CCc2cccs2)CC2CCC1C2. The quantitative estimate of drug-likeness (QED) is 0.724. The van der Waals surface area contributed by atoms with Gasteiger partial charge in [0.1, 0.15) is 0 Å². The van der Waals surface area contributed by atoms with Gasteiger partial charge in [0, 0.05) is 11.4 Å². The van der Waals surface area contributed by atoms with Crippen LogP contribution < -0.4 is 5.32 Å². The summed E-state index contributed by atoms with van der Waals surface area (Å²) in [5, 5.41) is 5.96. The first-order chi connectivity index (χ1) is 9.32. The van der Waals surface area contributed by atoms with E-state index in [1.165, 1.54) is 58.0 Å². The van der Waals surface area contributed by atoms with Crippen LogP contribution in [0.25, 0.3) is 0 Å². The first kappa shape index (κ1) is 13.6. The standard InChI is InChI=1S/C17H27NS/c1-2-9-18-13-17(8-7-16-4-3-10-19-16)12-14-5-6-15(17)11-14/h3-4,10,14-15,18H,2,5-9,11-13H2,1H3. The Morgan fingerprint density at radius 1 is 1.42 bits per heavy atom. The molecule has 0 spiro atoms. The normalized spacial score (nSPS) is 33.1. The van der Waals surface area contributed by atoms with E-state index in [1.54, 1.807) is 4.88 Å². The van der Waals surface area contributed by atoms with Crippen molar-refractivity contribution < 1.29 is 0 Å². The van der Waals surface area contributed by atoms with Crippen LogP contribution >= 0.6 is 11.3 Å². The van der Waals surface area contributed by atoms with Crippen molar-refractivity contribution in [1.29, 1.82) is 0 Å². The van der Waals surface area contributed by atoms with Gasteiger partial charge in [0.05, 0.1) is 0 Å². The van der Waals surface area contributed by atoms with Gasteiger partial charge in [-0.15, -0.1) is 11.3 Å². The molecule has 1 heterocycles. The van der Waals surface area contributed by atoms with Gasteiger partial charge >= 0.3 is 0 Å². The average molecular weight is 277 g/mol. The van der Waals surface area contributed by atoms with Crippen molar-refractivity contribution >= 4 is 11.3 Å². The number of aryl methyl sites for hydroxylation is 1. The highest BCUT2D eigenvalue weighted by atomic mass is 32.1. The van der Waals surface area contributed by atoms with E-state index in [4.69, 9.17) is 0 Å². The first-order valence-corrected chi connectivity index (χ1v) is 8.93. The zero-order chi connectivity index (χ0) is 13.1. The number of rotatable bonds is 7. The van der Waals surface area contributed by atoms with Crippen LogP contribution in [0.3, 0.4) is 0 Å². The van der Waals surface area contributed by atoms with Gasteiger partial charge in [0.25, 0.3) is 0 Å². The highest BCUT2D eigenvalue weighted by Gasteiger charge is 2.49. The fourth-order valence-electron chi connectivity index (χ4n) is 4.51. The predicted molar refractivity (Wildman–Crippen MR) is 83.7 cm³/mol. The second-order valence-electron chi connectivity index (χ2n) is 6.70. The Kier molecular flexibility index (Phi) is 4.28. The van der Waals surface area contributed by atoms with Crippen LogP contribution in [0.15, 0.2) is 17.5 Å². The fraction of sp³-hybridized carbons (Fsp3) is 0.765. The molecule has 1 aromatic rings.